The van der Waals surface area contributed by atoms with E-state index in [0.717, 1.165) is 25.7 Å². The molecule has 0 aromatic rings. The minimum atomic E-state index is 0.196. The molecule has 0 aromatic heterocycles. The summed E-state index contributed by atoms with van der Waals surface area (Å²) in [4.78, 5) is 0. The third-order valence-corrected chi connectivity index (χ3v) is 2.99. The Morgan fingerprint density at radius 1 is 1.57 bits per heavy atom. The van der Waals surface area contributed by atoms with Crippen molar-refractivity contribution in [2.75, 3.05) is 0 Å². The number of nitrogens with one attached hydrogen (secondary N) is 1. The summed E-state index contributed by atoms with van der Waals surface area (Å²) in [6, 6.07) is 3.13. The van der Waals surface area contributed by atoms with Gasteiger partial charge in [0.15, 0.2) is 0 Å². The molecule has 1 aliphatic rings. The molecular formula is C12H18N2. The monoisotopic (exact) mass is 190 g/mol. The molecule has 0 saturated heterocycles. The van der Waals surface area contributed by atoms with E-state index in [1.54, 1.807) is 0 Å². The highest BCUT2D eigenvalue weighted by atomic mass is 15.0. The van der Waals surface area contributed by atoms with Gasteiger partial charge >= 0.3 is 0 Å². The summed E-state index contributed by atoms with van der Waals surface area (Å²) in [5.74, 6) is 2.88. The van der Waals surface area contributed by atoms with Gasteiger partial charge in [-0.15, -0.1) is 12.3 Å². The normalized spacial score (nSPS) is 27.9. The zero-order chi connectivity index (χ0) is 10.4. The van der Waals surface area contributed by atoms with Gasteiger partial charge in [-0.2, -0.15) is 5.26 Å². The second kappa shape index (κ2) is 5.68. The molecule has 14 heavy (non-hydrogen) atoms. The van der Waals surface area contributed by atoms with E-state index < -0.39 is 0 Å². The first-order valence-corrected chi connectivity index (χ1v) is 5.41. The van der Waals surface area contributed by atoms with Gasteiger partial charge in [-0.3, -0.25) is 0 Å². The van der Waals surface area contributed by atoms with Crippen molar-refractivity contribution in [2.24, 2.45) is 5.92 Å². The van der Waals surface area contributed by atoms with Crippen molar-refractivity contribution >= 4 is 0 Å². The van der Waals surface area contributed by atoms with Crippen molar-refractivity contribution in [3.8, 4) is 18.4 Å². The Kier molecular flexibility index (Phi) is 4.50. The van der Waals surface area contributed by atoms with Gasteiger partial charge in [0.1, 0.15) is 0 Å². The molecule has 3 atom stereocenters. The van der Waals surface area contributed by atoms with Crippen LogP contribution in [0.3, 0.4) is 0 Å². The van der Waals surface area contributed by atoms with Gasteiger partial charge in [0, 0.05) is 18.5 Å². The van der Waals surface area contributed by atoms with Crippen molar-refractivity contribution in [1.82, 2.24) is 5.32 Å². The van der Waals surface area contributed by atoms with E-state index in [1.807, 2.05) is 0 Å². The van der Waals surface area contributed by atoms with E-state index in [-0.39, 0.29) is 5.92 Å². The summed E-state index contributed by atoms with van der Waals surface area (Å²) in [5, 5.41) is 12.4. The molecule has 1 aliphatic carbocycles. The second-order valence-corrected chi connectivity index (χ2v) is 3.95. The van der Waals surface area contributed by atoms with Gasteiger partial charge < -0.3 is 5.32 Å². The lowest BCUT2D eigenvalue weighted by Gasteiger charge is -2.22. The van der Waals surface area contributed by atoms with Gasteiger partial charge in [0.25, 0.3) is 0 Å². The molecule has 2 nitrogen and oxygen atoms in total. The summed E-state index contributed by atoms with van der Waals surface area (Å²) in [6.45, 7) is 2.13. The molecule has 0 bridgehead atoms. The first kappa shape index (κ1) is 11.1. The van der Waals surface area contributed by atoms with E-state index in [9.17, 15) is 0 Å². The fourth-order valence-corrected chi connectivity index (χ4v) is 2.08. The molecule has 0 aromatic carbocycles. The van der Waals surface area contributed by atoms with E-state index in [4.69, 9.17) is 11.7 Å². The number of hydrogen-bond acceptors (Lipinski definition) is 2. The highest BCUT2D eigenvalue weighted by Gasteiger charge is 2.28. The largest absolute Gasteiger partial charge is 0.309 e. The quantitative estimate of drug-likeness (QED) is 0.689. The molecule has 76 valence electrons. The molecule has 1 fully saturated rings. The molecule has 0 aliphatic heterocycles. The maximum Gasteiger partial charge on any atom is 0.0672 e. The lowest BCUT2D eigenvalue weighted by Crippen LogP contribution is -2.39. The van der Waals surface area contributed by atoms with Crippen molar-refractivity contribution in [2.45, 2.75) is 51.1 Å². The number of nitriles is 1. The molecule has 1 saturated carbocycles. The Labute approximate surface area is 86.7 Å². The van der Waals surface area contributed by atoms with E-state index in [0.29, 0.717) is 12.1 Å². The molecule has 2 heteroatoms. The fraction of sp³-hybridized carbons (Fsp3) is 0.750. The zero-order valence-electron chi connectivity index (χ0n) is 8.79. The van der Waals surface area contributed by atoms with Crippen LogP contribution in [0.4, 0.5) is 0 Å². The predicted octanol–water partition coefficient (Wildman–Crippen LogP) is 2.07. The summed E-state index contributed by atoms with van der Waals surface area (Å²) < 4.78 is 0. The van der Waals surface area contributed by atoms with E-state index >= 15 is 0 Å². The lowest BCUT2D eigenvalue weighted by molar-refractivity contribution is 0.391. The van der Waals surface area contributed by atoms with Crippen LogP contribution in [0.5, 0.6) is 0 Å². The Hall–Kier alpha value is -0.990. The Morgan fingerprint density at radius 2 is 2.36 bits per heavy atom. The topological polar surface area (TPSA) is 35.8 Å². The highest BCUT2D eigenvalue weighted by molar-refractivity contribution is 4.99. The van der Waals surface area contributed by atoms with Crippen LogP contribution in [0.2, 0.25) is 0 Å². The Morgan fingerprint density at radius 3 is 2.93 bits per heavy atom. The molecule has 3 unspecified atom stereocenters. The molecular weight excluding hydrogens is 172 g/mol. The zero-order valence-corrected chi connectivity index (χ0v) is 8.79. The van der Waals surface area contributed by atoms with Crippen LogP contribution in [0.25, 0.3) is 0 Å². The van der Waals surface area contributed by atoms with Gasteiger partial charge in [-0.1, -0.05) is 13.3 Å². The van der Waals surface area contributed by atoms with E-state index in [2.05, 4.69) is 24.2 Å². The molecule has 0 radical (unpaired) electrons. The van der Waals surface area contributed by atoms with Gasteiger partial charge in [-0.25, -0.2) is 0 Å². The summed E-state index contributed by atoms with van der Waals surface area (Å²) in [6.07, 6.45) is 10.4. The van der Waals surface area contributed by atoms with Gasteiger partial charge in [-0.05, 0) is 19.3 Å². The van der Waals surface area contributed by atoms with Gasteiger partial charge in [0.05, 0.1) is 12.0 Å². The van der Waals surface area contributed by atoms with Crippen molar-refractivity contribution in [3.63, 3.8) is 0 Å². The molecule has 0 spiro atoms. The molecule has 1 N–H and O–H groups in total. The molecule has 0 heterocycles. The molecule has 0 amide bonds. The van der Waals surface area contributed by atoms with Crippen LogP contribution >= 0.6 is 0 Å². The van der Waals surface area contributed by atoms with Crippen LogP contribution in [0.1, 0.15) is 39.0 Å². The summed E-state index contributed by atoms with van der Waals surface area (Å²) >= 11 is 0. The second-order valence-electron chi connectivity index (χ2n) is 3.95. The van der Waals surface area contributed by atoms with Crippen LogP contribution in [0.15, 0.2) is 0 Å². The maximum absolute atomic E-state index is 8.92. The van der Waals surface area contributed by atoms with Gasteiger partial charge in [0.2, 0.25) is 0 Å². The third-order valence-electron chi connectivity index (χ3n) is 2.99. The minimum Gasteiger partial charge on any atom is -0.309 e. The highest BCUT2D eigenvalue weighted by Crippen LogP contribution is 2.25. The number of terminal acetylenes is 1. The summed E-state index contributed by atoms with van der Waals surface area (Å²) in [7, 11) is 0. The standard InChI is InChI=1S/C12H18N2/c1-3-6-11(4-2)14-12-8-5-7-10(12)9-13/h1,10-12,14H,4-8H2,2H3. The summed E-state index contributed by atoms with van der Waals surface area (Å²) in [5.41, 5.74) is 0. The van der Waals surface area contributed by atoms with E-state index in [1.165, 1.54) is 6.42 Å². The van der Waals surface area contributed by atoms with Crippen molar-refractivity contribution in [3.05, 3.63) is 0 Å². The minimum absolute atomic E-state index is 0.196. The van der Waals surface area contributed by atoms with Crippen molar-refractivity contribution < 1.29 is 0 Å². The lowest BCUT2D eigenvalue weighted by atomic mass is 10.0. The molecule has 1 rings (SSSR count). The number of hydrogen-bond donors (Lipinski definition) is 1. The van der Waals surface area contributed by atoms with Crippen LogP contribution in [0, 0.1) is 29.6 Å². The maximum atomic E-state index is 8.92. The van der Waals surface area contributed by atoms with Crippen molar-refractivity contribution in [1.29, 1.82) is 5.26 Å². The number of nitrogens with zero attached hydrogens (tertiary/aromatic N) is 1. The first-order chi connectivity index (χ1) is 6.81. The average molecular weight is 190 g/mol. The smallest absolute Gasteiger partial charge is 0.0672 e. The SMILES string of the molecule is C#CCC(CC)NC1CCCC1C#N. The Balaban J connectivity index is 2.42. The van der Waals surface area contributed by atoms with Crippen LogP contribution in [-0.2, 0) is 0 Å². The van der Waals surface area contributed by atoms with Crippen LogP contribution in [-0.4, -0.2) is 12.1 Å². The predicted molar refractivity (Wildman–Crippen MR) is 57.4 cm³/mol. The number of rotatable bonds is 4. The average Bonchev–Trinajstić information content (AvgIpc) is 2.64. The first-order valence-electron chi connectivity index (χ1n) is 5.41. The fourth-order valence-electron chi connectivity index (χ4n) is 2.08. The Bertz CT molecular complexity index is 246. The van der Waals surface area contributed by atoms with Crippen LogP contribution < -0.4 is 5.32 Å². The third kappa shape index (κ3) is 2.76.